The van der Waals surface area contributed by atoms with E-state index in [1.165, 1.54) is 0 Å². The van der Waals surface area contributed by atoms with Crippen molar-refractivity contribution in [3.05, 3.63) is 48.3 Å². The third-order valence-corrected chi connectivity index (χ3v) is 3.26. The van der Waals surface area contributed by atoms with Crippen LogP contribution in [0.1, 0.15) is 18.7 Å². The molecule has 1 heterocycles. The van der Waals surface area contributed by atoms with Gasteiger partial charge in [0.2, 0.25) is 0 Å². The first-order chi connectivity index (χ1) is 8.70. The lowest BCUT2D eigenvalue weighted by molar-refractivity contribution is 0.194. The van der Waals surface area contributed by atoms with Gasteiger partial charge in [0.15, 0.2) is 0 Å². The van der Waals surface area contributed by atoms with Crippen LogP contribution < -0.4 is 4.74 Å². The van der Waals surface area contributed by atoms with E-state index >= 15 is 0 Å². The summed E-state index contributed by atoms with van der Waals surface area (Å²) in [5.41, 5.74) is 0.639. The zero-order valence-corrected chi connectivity index (χ0v) is 11.1. The molecule has 2 aromatic rings. The van der Waals surface area contributed by atoms with Crippen molar-refractivity contribution in [2.45, 2.75) is 17.9 Å². The molecule has 0 aliphatic carbocycles. The molecule has 94 valence electrons. The lowest BCUT2D eigenvalue weighted by Gasteiger charge is -2.10. The average Bonchev–Trinajstić information content (AvgIpc) is 2.40. The molecule has 0 bridgehead atoms. The number of nitrogens with zero attached hydrogens (tertiary/aromatic N) is 1. The molecule has 1 aromatic heterocycles. The van der Waals surface area contributed by atoms with Crippen molar-refractivity contribution in [3.63, 3.8) is 0 Å². The minimum atomic E-state index is -0.558. The maximum absolute atomic E-state index is 9.38. The van der Waals surface area contributed by atoms with Crippen LogP contribution in [0.3, 0.4) is 0 Å². The zero-order valence-electron chi connectivity index (χ0n) is 10.3. The van der Waals surface area contributed by atoms with Gasteiger partial charge in [0, 0.05) is 4.90 Å². The minimum absolute atomic E-state index is 0.558. The Labute approximate surface area is 111 Å². The van der Waals surface area contributed by atoms with Crippen LogP contribution in [0.15, 0.2) is 47.5 Å². The fraction of sp³-hybridized carbons (Fsp3) is 0.214. The quantitative estimate of drug-likeness (QED) is 0.853. The zero-order chi connectivity index (χ0) is 13.0. The van der Waals surface area contributed by atoms with Gasteiger partial charge in [-0.25, -0.2) is 0 Å². The monoisotopic (exact) mass is 261 g/mol. The summed E-state index contributed by atoms with van der Waals surface area (Å²) in [5.74, 6) is 1.48. The highest BCUT2D eigenvalue weighted by molar-refractivity contribution is 7.98. The molecular formula is C14H15NO2S. The summed E-state index contributed by atoms with van der Waals surface area (Å²) in [6.07, 6.45) is 3.08. The first kappa shape index (κ1) is 12.9. The molecule has 1 aromatic carbocycles. The molecule has 4 heteroatoms. The average molecular weight is 261 g/mol. The fourth-order valence-corrected chi connectivity index (χ4v) is 2.05. The summed E-state index contributed by atoms with van der Waals surface area (Å²) in [4.78, 5) is 5.23. The van der Waals surface area contributed by atoms with Crippen LogP contribution in [-0.2, 0) is 0 Å². The van der Waals surface area contributed by atoms with Crippen LogP contribution in [0.25, 0.3) is 0 Å². The lowest BCUT2D eigenvalue weighted by atomic mass is 10.2. The van der Waals surface area contributed by atoms with Gasteiger partial charge in [0.25, 0.3) is 0 Å². The Morgan fingerprint density at radius 2 is 2.00 bits per heavy atom. The Kier molecular flexibility index (Phi) is 4.23. The van der Waals surface area contributed by atoms with E-state index in [0.717, 1.165) is 10.6 Å². The molecule has 0 radical (unpaired) electrons. The fourth-order valence-electron chi connectivity index (χ4n) is 1.53. The van der Waals surface area contributed by atoms with E-state index in [0.29, 0.717) is 11.4 Å². The highest BCUT2D eigenvalue weighted by atomic mass is 32.2. The Morgan fingerprint density at radius 3 is 2.61 bits per heavy atom. The smallest absolute Gasteiger partial charge is 0.145 e. The topological polar surface area (TPSA) is 42.4 Å². The highest BCUT2D eigenvalue weighted by Gasteiger charge is 2.05. The summed E-state index contributed by atoms with van der Waals surface area (Å²) in [6.45, 7) is 1.69. The number of benzene rings is 1. The molecule has 1 N–H and O–H groups in total. The Bertz CT molecular complexity index is 511. The first-order valence-electron chi connectivity index (χ1n) is 5.65. The van der Waals surface area contributed by atoms with Gasteiger partial charge in [-0.1, -0.05) is 12.1 Å². The van der Waals surface area contributed by atoms with E-state index in [9.17, 15) is 5.11 Å². The van der Waals surface area contributed by atoms with Crippen molar-refractivity contribution in [1.29, 1.82) is 0 Å². The van der Waals surface area contributed by atoms with E-state index in [-0.39, 0.29) is 0 Å². The van der Waals surface area contributed by atoms with Crippen molar-refractivity contribution in [3.8, 4) is 11.5 Å². The van der Waals surface area contributed by atoms with Crippen molar-refractivity contribution in [2.75, 3.05) is 6.26 Å². The number of thioether (sulfide) groups is 1. The van der Waals surface area contributed by atoms with Crippen LogP contribution in [0.4, 0.5) is 0 Å². The number of hydrogen-bond donors (Lipinski definition) is 1. The number of ether oxygens (including phenoxy) is 1. The highest BCUT2D eigenvalue weighted by Crippen LogP contribution is 2.31. The normalized spacial score (nSPS) is 12.2. The molecule has 0 saturated carbocycles. The molecule has 1 unspecified atom stereocenters. The Morgan fingerprint density at radius 1 is 1.22 bits per heavy atom. The van der Waals surface area contributed by atoms with Crippen LogP contribution in [0.2, 0.25) is 0 Å². The predicted molar refractivity (Wildman–Crippen MR) is 73.2 cm³/mol. The number of aliphatic hydroxyl groups is 1. The molecular weight excluding hydrogens is 246 g/mol. The summed E-state index contributed by atoms with van der Waals surface area (Å²) in [6, 6.07) is 11.4. The lowest BCUT2D eigenvalue weighted by Crippen LogP contribution is -1.95. The number of aromatic nitrogens is 1. The second-order valence-corrected chi connectivity index (χ2v) is 4.70. The second-order valence-electron chi connectivity index (χ2n) is 3.85. The Balaban J connectivity index is 2.18. The van der Waals surface area contributed by atoms with Gasteiger partial charge in [-0.05, 0) is 37.4 Å². The maximum Gasteiger partial charge on any atom is 0.145 e. The molecule has 2 rings (SSSR count). The minimum Gasteiger partial charge on any atom is -0.455 e. The van der Waals surface area contributed by atoms with Crippen LogP contribution >= 0.6 is 11.8 Å². The van der Waals surface area contributed by atoms with E-state index < -0.39 is 6.10 Å². The largest absolute Gasteiger partial charge is 0.455 e. The molecule has 0 fully saturated rings. The van der Waals surface area contributed by atoms with Crippen LogP contribution in [-0.4, -0.2) is 16.3 Å². The molecule has 18 heavy (non-hydrogen) atoms. The van der Waals surface area contributed by atoms with Gasteiger partial charge in [-0.15, -0.1) is 11.8 Å². The van der Waals surface area contributed by atoms with Gasteiger partial charge in [0.1, 0.15) is 11.5 Å². The van der Waals surface area contributed by atoms with Gasteiger partial charge in [-0.2, -0.15) is 0 Å². The van der Waals surface area contributed by atoms with Crippen molar-refractivity contribution in [1.82, 2.24) is 4.98 Å². The van der Waals surface area contributed by atoms with Crippen molar-refractivity contribution in [2.24, 2.45) is 0 Å². The molecule has 1 atom stereocenters. The summed E-state index contributed by atoms with van der Waals surface area (Å²) >= 11 is 1.64. The standard InChI is InChI=1S/C14H15NO2S/c1-10(16)12-8-7-11(9-15-12)17-13-5-3-4-6-14(13)18-2/h3-10,16H,1-2H3. The van der Waals surface area contributed by atoms with Gasteiger partial charge < -0.3 is 9.84 Å². The summed E-state index contributed by atoms with van der Waals surface area (Å²) < 4.78 is 5.77. The molecule has 0 amide bonds. The number of aliphatic hydroxyl groups excluding tert-OH is 1. The van der Waals surface area contributed by atoms with E-state index in [2.05, 4.69) is 4.98 Å². The summed E-state index contributed by atoms with van der Waals surface area (Å²) in [7, 11) is 0. The third-order valence-electron chi connectivity index (χ3n) is 2.48. The third kappa shape index (κ3) is 3.03. The van der Waals surface area contributed by atoms with Gasteiger partial charge in [-0.3, -0.25) is 4.98 Å². The van der Waals surface area contributed by atoms with Gasteiger partial charge in [0.05, 0.1) is 18.0 Å². The van der Waals surface area contributed by atoms with Crippen LogP contribution in [0.5, 0.6) is 11.5 Å². The van der Waals surface area contributed by atoms with E-state index in [1.807, 2.05) is 36.6 Å². The second kappa shape index (κ2) is 5.89. The molecule has 0 saturated heterocycles. The Hall–Kier alpha value is -1.52. The molecule has 3 nitrogen and oxygen atoms in total. The number of pyridine rings is 1. The van der Waals surface area contributed by atoms with Gasteiger partial charge >= 0.3 is 0 Å². The molecule has 0 aliphatic heterocycles. The predicted octanol–water partition coefficient (Wildman–Crippen LogP) is 3.65. The van der Waals surface area contributed by atoms with Crippen molar-refractivity contribution >= 4 is 11.8 Å². The molecule has 0 aliphatic rings. The number of para-hydroxylation sites is 1. The van der Waals surface area contributed by atoms with Crippen molar-refractivity contribution < 1.29 is 9.84 Å². The summed E-state index contributed by atoms with van der Waals surface area (Å²) in [5, 5.41) is 9.38. The van der Waals surface area contributed by atoms with Crippen LogP contribution in [0, 0.1) is 0 Å². The van der Waals surface area contributed by atoms with E-state index in [4.69, 9.17) is 4.74 Å². The number of rotatable bonds is 4. The van der Waals surface area contributed by atoms with E-state index in [1.54, 1.807) is 30.9 Å². The number of hydrogen-bond acceptors (Lipinski definition) is 4. The SMILES string of the molecule is CSc1ccccc1Oc1ccc(C(C)O)nc1. The maximum atomic E-state index is 9.38. The first-order valence-corrected chi connectivity index (χ1v) is 6.88. The molecule has 0 spiro atoms.